The van der Waals surface area contributed by atoms with Crippen molar-refractivity contribution in [1.82, 2.24) is 14.6 Å². The van der Waals surface area contributed by atoms with Crippen molar-refractivity contribution in [3.63, 3.8) is 0 Å². The predicted octanol–water partition coefficient (Wildman–Crippen LogP) is 1.11. The average Bonchev–Trinajstić information content (AvgIpc) is 2.82. The second-order valence-electron chi connectivity index (χ2n) is 4.24. The summed E-state index contributed by atoms with van der Waals surface area (Å²) in [6, 6.07) is 3.01. The van der Waals surface area contributed by atoms with Gasteiger partial charge in [-0.2, -0.15) is 0 Å². The van der Waals surface area contributed by atoms with Crippen molar-refractivity contribution in [2.24, 2.45) is 0 Å². The molecular formula is C11H16ClN3O2S. The van der Waals surface area contributed by atoms with Gasteiger partial charge >= 0.3 is 0 Å². The van der Waals surface area contributed by atoms with Crippen LogP contribution in [0.25, 0.3) is 0 Å². The van der Waals surface area contributed by atoms with Crippen molar-refractivity contribution in [2.45, 2.75) is 17.7 Å². The summed E-state index contributed by atoms with van der Waals surface area (Å²) < 4.78 is 26.5. The summed E-state index contributed by atoms with van der Waals surface area (Å²) in [5.41, 5.74) is 0. The molecule has 18 heavy (non-hydrogen) atoms. The molecule has 0 bridgehead atoms. The van der Waals surface area contributed by atoms with Crippen LogP contribution in [0.3, 0.4) is 0 Å². The molecule has 1 aromatic heterocycles. The van der Waals surface area contributed by atoms with Crippen LogP contribution in [0.1, 0.15) is 12.8 Å². The fraction of sp³-hybridized carbons (Fsp3) is 0.545. The van der Waals surface area contributed by atoms with Gasteiger partial charge in [0.2, 0.25) is 10.0 Å². The lowest BCUT2D eigenvalue weighted by Crippen LogP contribution is -2.33. The third-order valence-corrected chi connectivity index (χ3v) is 4.84. The summed E-state index contributed by atoms with van der Waals surface area (Å²) in [6.45, 7) is 3.23. The van der Waals surface area contributed by atoms with E-state index in [0.717, 1.165) is 19.6 Å². The third kappa shape index (κ3) is 3.41. The Labute approximate surface area is 112 Å². The smallest absolute Gasteiger partial charge is 0.243 e. The molecule has 1 saturated heterocycles. The number of aromatic nitrogens is 1. The Morgan fingerprint density at radius 2 is 2.11 bits per heavy atom. The number of hydrogen-bond acceptors (Lipinski definition) is 4. The number of hydrogen-bond donors (Lipinski definition) is 1. The van der Waals surface area contributed by atoms with E-state index in [4.69, 9.17) is 11.6 Å². The minimum atomic E-state index is -3.55. The normalized spacial score (nSPS) is 17.2. The molecule has 0 aromatic carbocycles. The minimum absolute atomic E-state index is 0.00572. The minimum Gasteiger partial charge on any atom is -0.302 e. The maximum absolute atomic E-state index is 12.0. The zero-order valence-electron chi connectivity index (χ0n) is 9.97. The summed E-state index contributed by atoms with van der Waals surface area (Å²) in [6.07, 6.45) is 3.86. The summed E-state index contributed by atoms with van der Waals surface area (Å²) in [5, 5.41) is 0.00572. The molecule has 0 atom stereocenters. The van der Waals surface area contributed by atoms with Gasteiger partial charge in [-0.1, -0.05) is 11.6 Å². The van der Waals surface area contributed by atoms with E-state index in [9.17, 15) is 8.42 Å². The van der Waals surface area contributed by atoms with Crippen LogP contribution >= 0.6 is 11.6 Å². The highest BCUT2D eigenvalue weighted by molar-refractivity contribution is 7.89. The molecule has 1 N–H and O–H groups in total. The van der Waals surface area contributed by atoms with E-state index in [1.54, 1.807) is 6.07 Å². The van der Waals surface area contributed by atoms with Gasteiger partial charge in [0.05, 0.1) is 0 Å². The molecule has 1 fully saturated rings. The number of likely N-dealkylation sites (tertiary alicyclic amines) is 1. The highest BCUT2D eigenvalue weighted by Crippen LogP contribution is 2.17. The second kappa shape index (κ2) is 5.97. The Hall–Kier alpha value is -0.690. The predicted molar refractivity (Wildman–Crippen MR) is 70.1 cm³/mol. The summed E-state index contributed by atoms with van der Waals surface area (Å²) in [7, 11) is -3.55. The number of nitrogens with zero attached hydrogens (tertiary/aromatic N) is 2. The highest BCUT2D eigenvalue weighted by atomic mass is 35.5. The Balaban J connectivity index is 1.93. The van der Waals surface area contributed by atoms with E-state index >= 15 is 0 Å². The molecule has 2 heterocycles. The molecule has 100 valence electrons. The van der Waals surface area contributed by atoms with Gasteiger partial charge in [0.15, 0.2) is 0 Å². The number of halogens is 1. The highest BCUT2D eigenvalue weighted by Gasteiger charge is 2.18. The van der Waals surface area contributed by atoms with Crippen molar-refractivity contribution in [2.75, 3.05) is 26.2 Å². The first-order chi connectivity index (χ1) is 8.59. The fourth-order valence-corrected chi connectivity index (χ4v) is 3.47. The average molecular weight is 290 g/mol. The van der Waals surface area contributed by atoms with Crippen LogP contribution in [0.15, 0.2) is 23.2 Å². The van der Waals surface area contributed by atoms with Crippen LogP contribution in [0.4, 0.5) is 0 Å². The molecule has 0 saturated carbocycles. The van der Waals surface area contributed by atoms with Crippen molar-refractivity contribution in [3.05, 3.63) is 23.5 Å². The molecule has 0 amide bonds. The molecule has 7 heteroatoms. The van der Waals surface area contributed by atoms with Crippen LogP contribution in [-0.4, -0.2) is 44.5 Å². The molecule has 5 nitrogen and oxygen atoms in total. The van der Waals surface area contributed by atoms with Crippen LogP contribution in [0, 0.1) is 0 Å². The first-order valence-electron chi connectivity index (χ1n) is 5.92. The van der Waals surface area contributed by atoms with E-state index in [2.05, 4.69) is 14.6 Å². The van der Waals surface area contributed by atoms with E-state index in [1.165, 1.54) is 25.1 Å². The SMILES string of the molecule is O=S(=O)(NCCN1CCCC1)c1cccnc1Cl. The van der Waals surface area contributed by atoms with E-state index in [-0.39, 0.29) is 10.0 Å². The maximum atomic E-state index is 12.0. The second-order valence-corrected chi connectivity index (χ2v) is 6.33. The van der Waals surface area contributed by atoms with Gasteiger partial charge in [0, 0.05) is 19.3 Å². The van der Waals surface area contributed by atoms with Crippen LogP contribution < -0.4 is 4.72 Å². The first-order valence-corrected chi connectivity index (χ1v) is 7.78. The van der Waals surface area contributed by atoms with Gasteiger partial charge in [0.25, 0.3) is 0 Å². The summed E-state index contributed by atoms with van der Waals surface area (Å²) >= 11 is 5.77. The molecule has 1 aromatic rings. The topological polar surface area (TPSA) is 62.3 Å². The van der Waals surface area contributed by atoms with Crippen molar-refractivity contribution >= 4 is 21.6 Å². The van der Waals surface area contributed by atoms with Gasteiger partial charge in [-0.25, -0.2) is 18.1 Å². The van der Waals surface area contributed by atoms with Gasteiger partial charge in [-0.05, 0) is 38.1 Å². The van der Waals surface area contributed by atoms with Crippen molar-refractivity contribution in [3.8, 4) is 0 Å². The van der Waals surface area contributed by atoms with Gasteiger partial charge in [0.1, 0.15) is 10.0 Å². The maximum Gasteiger partial charge on any atom is 0.243 e. The zero-order valence-corrected chi connectivity index (χ0v) is 11.5. The molecule has 2 rings (SSSR count). The molecule has 0 unspecified atom stereocenters. The lowest BCUT2D eigenvalue weighted by Gasteiger charge is -2.14. The lowest BCUT2D eigenvalue weighted by molar-refractivity contribution is 0.344. The number of sulfonamides is 1. The number of rotatable bonds is 5. The van der Waals surface area contributed by atoms with Gasteiger partial charge in [-0.15, -0.1) is 0 Å². The van der Waals surface area contributed by atoms with E-state index in [0.29, 0.717) is 6.54 Å². The lowest BCUT2D eigenvalue weighted by atomic mass is 10.4. The Kier molecular flexibility index (Phi) is 4.55. The Bertz CT molecular complexity index is 501. The molecule has 1 aliphatic rings. The Morgan fingerprint density at radius 3 is 2.78 bits per heavy atom. The Morgan fingerprint density at radius 1 is 1.39 bits per heavy atom. The number of nitrogens with one attached hydrogen (secondary N) is 1. The molecular weight excluding hydrogens is 274 g/mol. The molecule has 0 aliphatic carbocycles. The van der Waals surface area contributed by atoms with Crippen LogP contribution in [0.5, 0.6) is 0 Å². The van der Waals surface area contributed by atoms with Gasteiger partial charge < -0.3 is 4.90 Å². The van der Waals surface area contributed by atoms with Crippen molar-refractivity contribution in [1.29, 1.82) is 0 Å². The standard InChI is InChI=1S/C11H16ClN3O2S/c12-11-10(4-3-5-13-11)18(16,17)14-6-9-15-7-1-2-8-15/h3-5,14H,1-2,6-9H2. The van der Waals surface area contributed by atoms with E-state index in [1.807, 2.05) is 0 Å². The largest absolute Gasteiger partial charge is 0.302 e. The summed E-state index contributed by atoms with van der Waals surface area (Å²) in [4.78, 5) is 6.05. The van der Waals surface area contributed by atoms with E-state index < -0.39 is 10.0 Å². The molecule has 0 spiro atoms. The summed E-state index contributed by atoms with van der Waals surface area (Å²) in [5.74, 6) is 0. The zero-order chi connectivity index (χ0) is 13.0. The number of pyridine rings is 1. The third-order valence-electron chi connectivity index (χ3n) is 2.93. The van der Waals surface area contributed by atoms with Crippen LogP contribution in [0.2, 0.25) is 5.15 Å². The van der Waals surface area contributed by atoms with Crippen molar-refractivity contribution < 1.29 is 8.42 Å². The molecule has 0 radical (unpaired) electrons. The fourth-order valence-electron chi connectivity index (χ4n) is 1.99. The molecule has 1 aliphatic heterocycles. The quantitative estimate of drug-likeness (QED) is 0.825. The van der Waals surface area contributed by atoms with Crippen LogP contribution in [-0.2, 0) is 10.0 Å². The first kappa shape index (κ1) is 13.7. The monoisotopic (exact) mass is 289 g/mol. The van der Waals surface area contributed by atoms with Gasteiger partial charge in [-0.3, -0.25) is 0 Å².